The topological polar surface area (TPSA) is 236 Å². The lowest BCUT2D eigenvalue weighted by molar-refractivity contribution is -0.145. The second-order valence-corrected chi connectivity index (χ2v) is 21.1. The van der Waals surface area contributed by atoms with Crippen molar-refractivity contribution in [3.05, 3.63) is 83.3 Å². The summed E-state index contributed by atoms with van der Waals surface area (Å²) in [7, 11) is 1.83. The first-order valence-electron chi connectivity index (χ1n) is 23.3. The molecule has 0 bridgehead atoms. The number of nitrogens with one attached hydrogen (secondary N) is 4. The summed E-state index contributed by atoms with van der Waals surface area (Å²) >= 11 is 2.97. The fourth-order valence-corrected chi connectivity index (χ4v) is 10.8. The molecule has 5 aromatic heterocycles. The van der Waals surface area contributed by atoms with Gasteiger partial charge in [0.25, 0.3) is 5.91 Å². The number of benzene rings is 1. The number of amides is 4. The highest BCUT2D eigenvalue weighted by Gasteiger charge is 2.53. The third kappa shape index (κ3) is 10.1. The molecule has 1 saturated carbocycles. The Morgan fingerprint density at radius 3 is 2.44 bits per heavy atom. The maximum absolute atomic E-state index is 14.8. The molecule has 9 rings (SSSR count). The van der Waals surface area contributed by atoms with Gasteiger partial charge in [0.2, 0.25) is 22.9 Å². The van der Waals surface area contributed by atoms with Gasteiger partial charge in [0.1, 0.15) is 18.2 Å². The van der Waals surface area contributed by atoms with Gasteiger partial charge in [-0.3, -0.25) is 24.2 Å². The van der Waals surface area contributed by atoms with E-state index in [2.05, 4.69) is 52.5 Å². The number of rotatable bonds is 14. The summed E-state index contributed by atoms with van der Waals surface area (Å²) in [6.45, 7) is 8.26. The number of β-amino-alcohol motifs (C(OH)–C–C–N with tert-alkyl or cyclic N) is 1. The molecule has 21 heteroatoms. The van der Waals surface area contributed by atoms with Crippen LogP contribution < -0.4 is 26.2 Å². The van der Waals surface area contributed by atoms with Crippen molar-refractivity contribution in [1.29, 1.82) is 5.26 Å². The van der Waals surface area contributed by atoms with E-state index in [0.29, 0.717) is 47.8 Å². The van der Waals surface area contributed by atoms with Crippen LogP contribution in [0.2, 0.25) is 0 Å². The molecule has 4 amide bonds. The smallest absolute Gasteiger partial charge is 0.258 e. The normalized spacial score (nSPS) is 18.8. The maximum Gasteiger partial charge on any atom is 0.258 e. The lowest BCUT2D eigenvalue weighted by Gasteiger charge is -2.36. The SMILES string of the molecule is CNc1cc(-c2ccc3cc(C#N)cnn23)ncc1-c1nnc(N2CCC(NC(=O)C[C@H](NC(=O)[C@@H]3C[C@@H](O)CN3C(=O)[C@@H](NC(=O)C3(F)CC3)C(C)(C)C)c3ccc(-c4scnc4C)cc3)CC2)s1. The van der Waals surface area contributed by atoms with E-state index in [0.717, 1.165) is 43.7 Å². The minimum atomic E-state index is -2.01. The Labute approximate surface area is 411 Å². The predicted octanol–water partition coefficient (Wildman–Crippen LogP) is 5.59. The average molecular weight is 988 g/mol. The Bertz CT molecular complexity index is 2980. The number of thiazole rings is 1. The number of carbonyl (C=O) groups excluding carboxylic acids is 4. The number of halogens is 1. The molecule has 1 aromatic carbocycles. The first-order chi connectivity index (χ1) is 33.5. The lowest BCUT2D eigenvalue weighted by Crippen LogP contribution is -2.59. The highest BCUT2D eigenvalue weighted by atomic mass is 32.1. The molecule has 6 aromatic rings. The summed E-state index contributed by atoms with van der Waals surface area (Å²) in [5.41, 5.74) is 5.75. The third-order valence-corrected chi connectivity index (χ3v) is 15.2. The quantitative estimate of drug-likeness (QED) is 0.0897. The summed E-state index contributed by atoms with van der Waals surface area (Å²) in [5, 5.41) is 47.1. The predicted molar refractivity (Wildman–Crippen MR) is 263 cm³/mol. The monoisotopic (exact) mass is 987 g/mol. The van der Waals surface area contributed by atoms with Crippen LogP contribution in [0.4, 0.5) is 15.2 Å². The van der Waals surface area contributed by atoms with Crippen LogP contribution in [0.25, 0.3) is 37.9 Å². The van der Waals surface area contributed by atoms with Gasteiger partial charge in [0.15, 0.2) is 10.7 Å². The number of fused-ring (bicyclic) bond motifs is 1. The van der Waals surface area contributed by atoms with Crippen LogP contribution >= 0.6 is 22.7 Å². The molecule has 7 heterocycles. The van der Waals surface area contributed by atoms with Gasteiger partial charge in [-0.1, -0.05) is 56.4 Å². The summed E-state index contributed by atoms with van der Waals surface area (Å²) < 4.78 is 16.5. The van der Waals surface area contributed by atoms with E-state index in [-0.39, 0.29) is 44.2 Å². The van der Waals surface area contributed by atoms with Crippen LogP contribution in [0.1, 0.15) is 82.2 Å². The first kappa shape index (κ1) is 48.1. The van der Waals surface area contributed by atoms with E-state index < -0.39 is 53.0 Å². The van der Waals surface area contributed by atoms with Gasteiger partial charge >= 0.3 is 0 Å². The molecule has 18 nitrogen and oxygen atoms in total. The van der Waals surface area contributed by atoms with E-state index in [9.17, 15) is 33.9 Å². The molecule has 70 heavy (non-hydrogen) atoms. The van der Waals surface area contributed by atoms with E-state index in [1.807, 2.05) is 56.4 Å². The van der Waals surface area contributed by atoms with Crippen molar-refractivity contribution in [2.45, 2.75) is 102 Å². The molecule has 1 aliphatic carbocycles. The fourth-order valence-electron chi connectivity index (χ4n) is 9.05. The highest BCUT2D eigenvalue weighted by Crippen LogP contribution is 2.41. The number of aliphatic hydroxyl groups is 1. The molecule has 0 radical (unpaired) electrons. The lowest BCUT2D eigenvalue weighted by atomic mass is 9.85. The maximum atomic E-state index is 14.8. The minimum absolute atomic E-state index is 0.0529. The Balaban J connectivity index is 0.859. The van der Waals surface area contributed by atoms with Crippen molar-refractivity contribution in [2.75, 3.05) is 36.9 Å². The van der Waals surface area contributed by atoms with Gasteiger partial charge in [0, 0.05) is 51.0 Å². The number of hydrogen-bond acceptors (Lipinski definition) is 15. The van der Waals surface area contributed by atoms with Crippen molar-refractivity contribution >= 4 is 62.6 Å². The molecule has 5 N–H and O–H groups in total. The highest BCUT2D eigenvalue weighted by molar-refractivity contribution is 7.18. The number of nitriles is 1. The zero-order valence-electron chi connectivity index (χ0n) is 39.4. The van der Waals surface area contributed by atoms with Gasteiger partial charge in [-0.2, -0.15) is 10.4 Å². The molecule has 3 fully saturated rings. The zero-order valence-corrected chi connectivity index (χ0v) is 41.0. The second kappa shape index (κ2) is 19.5. The number of aryl methyl sites for hydroxylation is 1. The van der Waals surface area contributed by atoms with E-state index in [1.165, 1.54) is 33.8 Å². The summed E-state index contributed by atoms with van der Waals surface area (Å²) in [6.07, 6.45) is 3.55. The van der Waals surface area contributed by atoms with Crippen LogP contribution in [-0.4, -0.2) is 120 Å². The van der Waals surface area contributed by atoms with E-state index in [4.69, 9.17) is 4.98 Å². The minimum Gasteiger partial charge on any atom is -0.391 e. The molecule has 364 valence electrons. The van der Waals surface area contributed by atoms with Crippen molar-refractivity contribution in [3.63, 3.8) is 0 Å². The molecule has 0 unspecified atom stereocenters. The molecule has 0 spiro atoms. The number of aromatic nitrogens is 6. The molecule has 2 saturated heterocycles. The zero-order chi connectivity index (χ0) is 49.5. The van der Waals surface area contributed by atoms with E-state index in [1.54, 1.807) is 43.1 Å². The molecular formula is C49H54FN13O5S2. The largest absolute Gasteiger partial charge is 0.391 e. The Kier molecular flexibility index (Phi) is 13.4. The van der Waals surface area contributed by atoms with Crippen LogP contribution in [0.5, 0.6) is 0 Å². The average Bonchev–Trinajstić information content (AvgIpc) is 3.83. The fraction of sp³-hybridized carbons (Fsp3) is 0.429. The standard InChI is InChI=1S/C49H54FN13O5S2/c1-27-41(69-26-54-27)30-8-6-29(7-9-30)35(57-43(66)39-19-33(64)25-62(39)45(67)42(48(2,3)4)58-46(68)49(50)14-15-49)21-40(65)56-31-12-16-61(17-13-31)47-60-59-44(70-47)34-24-53-37(20-36(34)52-5)38-11-10-32-18-28(22-51)23-55-63(32)38/h6-11,18,20,23-24,26,31,33,35,39,42,64H,12-17,19,21,25H2,1-5H3,(H,52,53)(H,56,65)(H,57,66)(H,58,68)/t33-,35+,39+,42-/m1/s1. The second-order valence-electron chi connectivity index (χ2n) is 19.3. The summed E-state index contributed by atoms with van der Waals surface area (Å²) in [6, 6.07) is 14.0. The van der Waals surface area contributed by atoms with Crippen molar-refractivity contribution in [3.8, 4) is 38.5 Å². The number of likely N-dealkylation sites (tertiary alicyclic amines) is 1. The molecule has 4 atom stereocenters. The Morgan fingerprint density at radius 2 is 1.77 bits per heavy atom. The number of pyridine rings is 1. The molecular weight excluding hydrogens is 934 g/mol. The first-order valence-corrected chi connectivity index (χ1v) is 24.9. The summed E-state index contributed by atoms with van der Waals surface area (Å²) in [4.78, 5) is 68.8. The van der Waals surface area contributed by atoms with Gasteiger partial charge in [0.05, 0.1) is 68.9 Å². The Morgan fingerprint density at radius 1 is 1.01 bits per heavy atom. The van der Waals surface area contributed by atoms with Crippen LogP contribution in [0, 0.1) is 23.7 Å². The van der Waals surface area contributed by atoms with Gasteiger partial charge in [-0.15, -0.1) is 21.5 Å². The van der Waals surface area contributed by atoms with Crippen molar-refractivity contribution in [2.24, 2.45) is 5.41 Å². The molecule has 3 aliphatic rings. The van der Waals surface area contributed by atoms with Crippen molar-refractivity contribution in [1.82, 2.24) is 50.6 Å². The molecule has 2 aliphatic heterocycles. The number of nitrogens with zero attached hydrogens (tertiary/aromatic N) is 9. The van der Waals surface area contributed by atoms with Gasteiger partial charge in [-0.25, -0.2) is 13.9 Å². The van der Waals surface area contributed by atoms with Crippen LogP contribution in [0.15, 0.2) is 66.4 Å². The van der Waals surface area contributed by atoms with Crippen LogP contribution in [-0.2, 0) is 19.2 Å². The summed E-state index contributed by atoms with van der Waals surface area (Å²) in [5.74, 6) is -2.29. The van der Waals surface area contributed by atoms with Gasteiger partial charge < -0.3 is 36.2 Å². The number of hydrogen-bond donors (Lipinski definition) is 5. The van der Waals surface area contributed by atoms with Crippen molar-refractivity contribution < 1.29 is 28.7 Å². The third-order valence-electron chi connectivity index (χ3n) is 13.2. The number of piperidine rings is 1. The number of carbonyl (C=O) groups is 4. The number of alkyl halides is 1. The van der Waals surface area contributed by atoms with Crippen LogP contribution in [0.3, 0.4) is 0 Å². The van der Waals surface area contributed by atoms with E-state index >= 15 is 0 Å². The number of aliphatic hydroxyl groups excluding tert-OH is 1. The number of anilines is 2. The Hall–Kier alpha value is -6.89. The van der Waals surface area contributed by atoms with Gasteiger partial charge in [-0.05, 0) is 73.4 Å².